The number of anilines is 1. The van der Waals surface area contributed by atoms with E-state index in [0.717, 1.165) is 75.0 Å². The van der Waals surface area contributed by atoms with Gasteiger partial charge in [-0.3, -0.25) is 14.6 Å². The Morgan fingerprint density at radius 1 is 1.07 bits per heavy atom. The van der Waals surface area contributed by atoms with Crippen LogP contribution < -0.4 is 9.64 Å². The van der Waals surface area contributed by atoms with Gasteiger partial charge in [-0.25, -0.2) is 4.98 Å². The van der Waals surface area contributed by atoms with Crippen molar-refractivity contribution in [3.63, 3.8) is 0 Å². The molecule has 0 atom stereocenters. The van der Waals surface area contributed by atoms with Crippen molar-refractivity contribution in [3.05, 3.63) is 54.1 Å². The fraction of sp³-hybridized carbons (Fsp3) is 0.409. The molecule has 7 heteroatoms. The topological polar surface area (TPSA) is 59.3 Å². The third kappa shape index (κ3) is 3.96. The molecule has 0 saturated carbocycles. The number of rotatable bonds is 5. The van der Waals surface area contributed by atoms with Crippen molar-refractivity contribution in [1.82, 2.24) is 24.6 Å². The molecule has 5 rings (SSSR count). The summed E-state index contributed by atoms with van der Waals surface area (Å²) in [5.41, 5.74) is 4.64. The van der Waals surface area contributed by atoms with Crippen LogP contribution in [0.5, 0.6) is 5.75 Å². The monoisotopic (exact) mass is 390 g/mol. The molecule has 1 saturated heterocycles. The van der Waals surface area contributed by atoms with Crippen LogP contribution in [0.25, 0.3) is 11.3 Å². The van der Waals surface area contributed by atoms with Gasteiger partial charge in [0.15, 0.2) is 0 Å². The molecule has 150 valence electrons. The Morgan fingerprint density at radius 3 is 2.79 bits per heavy atom. The minimum absolute atomic E-state index is 0.825. The van der Waals surface area contributed by atoms with Crippen LogP contribution in [0.1, 0.15) is 11.1 Å². The number of nitrogens with zero attached hydrogens (tertiary/aromatic N) is 6. The van der Waals surface area contributed by atoms with E-state index in [1.165, 1.54) is 11.1 Å². The van der Waals surface area contributed by atoms with Gasteiger partial charge in [0.2, 0.25) is 0 Å². The number of benzene rings is 1. The molecule has 0 radical (unpaired) electrons. The first kappa shape index (κ1) is 18.1. The molecular weight excluding hydrogens is 364 g/mol. The summed E-state index contributed by atoms with van der Waals surface area (Å²) in [5, 5.41) is 4.23. The lowest BCUT2D eigenvalue weighted by Gasteiger charge is -2.35. The van der Waals surface area contributed by atoms with Crippen LogP contribution in [-0.2, 0) is 19.9 Å². The van der Waals surface area contributed by atoms with E-state index in [9.17, 15) is 0 Å². The highest BCUT2D eigenvalue weighted by Crippen LogP contribution is 2.26. The largest absolute Gasteiger partial charge is 0.493 e. The fourth-order valence-electron chi connectivity index (χ4n) is 4.08. The summed E-state index contributed by atoms with van der Waals surface area (Å²) in [6, 6.07) is 6.65. The Kier molecular flexibility index (Phi) is 4.89. The summed E-state index contributed by atoms with van der Waals surface area (Å²) >= 11 is 0. The lowest BCUT2D eigenvalue weighted by molar-refractivity contribution is 0.260. The summed E-state index contributed by atoms with van der Waals surface area (Å²) in [4.78, 5) is 14.1. The third-order valence-electron chi connectivity index (χ3n) is 5.79. The summed E-state index contributed by atoms with van der Waals surface area (Å²) in [5.74, 6) is 2.02. The molecular formula is C22H26N6O. The Labute approximate surface area is 170 Å². The average molecular weight is 390 g/mol. The van der Waals surface area contributed by atoms with Crippen molar-refractivity contribution in [3.8, 4) is 17.0 Å². The van der Waals surface area contributed by atoms with E-state index in [1.54, 1.807) is 10.9 Å². The minimum Gasteiger partial charge on any atom is -0.493 e. The number of aromatic nitrogens is 4. The van der Waals surface area contributed by atoms with Crippen molar-refractivity contribution in [2.45, 2.75) is 12.8 Å². The zero-order valence-electron chi connectivity index (χ0n) is 16.8. The van der Waals surface area contributed by atoms with Crippen molar-refractivity contribution in [1.29, 1.82) is 0 Å². The van der Waals surface area contributed by atoms with Gasteiger partial charge < -0.3 is 9.64 Å². The number of aryl methyl sites for hydroxylation is 1. The highest BCUT2D eigenvalue weighted by molar-refractivity contribution is 5.58. The summed E-state index contributed by atoms with van der Waals surface area (Å²) in [7, 11) is 1.91. The molecule has 0 N–H and O–H groups in total. The standard InChI is InChI=1S/C22H26N6O/c1-26-16-19(13-24-26)20-14-23-15-22(25-20)28-9-7-27(8-10-28)6-4-17-2-3-21-18(12-17)5-11-29-21/h2-3,12-16H,4-11H2,1H3. The molecule has 29 heavy (non-hydrogen) atoms. The highest BCUT2D eigenvalue weighted by atomic mass is 16.5. The molecule has 1 aromatic carbocycles. The van der Waals surface area contributed by atoms with Crippen LogP contribution in [0.4, 0.5) is 5.82 Å². The molecule has 0 amide bonds. The first-order chi connectivity index (χ1) is 14.2. The van der Waals surface area contributed by atoms with E-state index >= 15 is 0 Å². The van der Waals surface area contributed by atoms with Crippen LogP contribution in [-0.4, -0.2) is 64.0 Å². The smallest absolute Gasteiger partial charge is 0.147 e. The second kappa shape index (κ2) is 7.83. The predicted octanol–water partition coefficient (Wildman–Crippen LogP) is 2.18. The third-order valence-corrected chi connectivity index (χ3v) is 5.79. The minimum atomic E-state index is 0.825. The molecule has 1 fully saturated rings. The van der Waals surface area contributed by atoms with E-state index in [2.05, 4.69) is 38.1 Å². The molecule has 2 aliphatic rings. The molecule has 4 heterocycles. The predicted molar refractivity (Wildman–Crippen MR) is 112 cm³/mol. The van der Waals surface area contributed by atoms with Crippen molar-refractivity contribution in [2.75, 3.05) is 44.2 Å². The SMILES string of the molecule is Cn1cc(-c2cncc(N3CCN(CCc4ccc5c(c4)CCO5)CC3)n2)cn1. The lowest BCUT2D eigenvalue weighted by Crippen LogP contribution is -2.47. The molecule has 0 spiro atoms. The van der Waals surface area contributed by atoms with Crippen LogP contribution in [0.3, 0.4) is 0 Å². The molecule has 3 aromatic rings. The molecule has 0 aliphatic carbocycles. The number of fused-ring (bicyclic) bond motifs is 1. The molecule has 7 nitrogen and oxygen atoms in total. The van der Waals surface area contributed by atoms with E-state index in [-0.39, 0.29) is 0 Å². The van der Waals surface area contributed by atoms with Gasteiger partial charge in [0, 0.05) is 58.0 Å². The quantitative estimate of drug-likeness (QED) is 0.666. The van der Waals surface area contributed by atoms with Gasteiger partial charge in [0.05, 0.1) is 30.9 Å². The summed E-state index contributed by atoms with van der Waals surface area (Å²) in [6.45, 7) is 5.96. The first-order valence-corrected chi connectivity index (χ1v) is 10.3. The molecule has 0 unspecified atom stereocenters. The Morgan fingerprint density at radius 2 is 1.97 bits per heavy atom. The maximum atomic E-state index is 5.61. The maximum Gasteiger partial charge on any atom is 0.147 e. The molecule has 2 aromatic heterocycles. The Hall–Kier alpha value is -2.93. The van der Waals surface area contributed by atoms with Crippen LogP contribution in [0.15, 0.2) is 43.0 Å². The number of ether oxygens (including phenoxy) is 1. The number of piperazine rings is 1. The van der Waals surface area contributed by atoms with Crippen LogP contribution in [0.2, 0.25) is 0 Å². The van der Waals surface area contributed by atoms with Gasteiger partial charge in [0.25, 0.3) is 0 Å². The van der Waals surface area contributed by atoms with Crippen molar-refractivity contribution in [2.24, 2.45) is 7.05 Å². The fourth-order valence-corrected chi connectivity index (χ4v) is 4.08. The first-order valence-electron chi connectivity index (χ1n) is 10.3. The normalized spacial score (nSPS) is 16.7. The van der Waals surface area contributed by atoms with Crippen molar-refractivity contribution >= 4 is 5.82 Å². The van der Waals surface area contributed by atoms with Crippen molar-refractivity contribution < 1.29 is 4.74 Å². The number of hydrogen-bond donors (Lipinski definition) is 0. The van der Waals surface area contributed by atoms with Gasteiger partial charge >= 0.3 is 0 Å². The van der Waals surface area contributed by atoms with Gasteiger partial charge in [0.1, 0.15) is 11.6 Å². The van der Waals surface area contributed by atoms with Gasteiger partial charge in [-0.2, -0.15) is 5.10 Å². The van der Waals surface area contributed by atoms with Gasteiger partial charge in [-0.05, 0) is 23.6 Å². The van der Waals surface area contributed by atoms with E-state index in [4.69, 9.17) is 9.72 Å². The summed E-state index contributed by atoms with van der Waals surface area (Å²) < 4.78 is 7.40. The average Bonchev–Trinajstić information content (AvgIpc) is 3.41. The second-order valence-electron chi connectivity index (χ2n) is 7.78. The van der Waals surface area contributed by atoms with Gasteiger partial charge in [-0.1, -0.05) is 12.1 Å². The Bertz CT molecular complexity index is 992. The van der Waals surface area contributed by atoms with Crippen LogP contribution >= 0.6 is 0 Å². The zero-order chi connectivity index (χ0) is 19.6. The van der Waals surface area contributed by atoms with Gasteiger partial charge in [-0.15, -0.1) is 0 Å². The van der Waals surface area contributed by atoms with E-state index in [0.29, 0.717) is 0 Å². The number of hydrogen-bond acceptors (Lipinski definition) is 6. The molecule has 0 bridgehead atoms. The highest BCUT2D eigenvalue weighted by Gasteiger charge is 2.19. The van der Waals surface area contributed by atoms with E-state index in [1.807, 2.05) is 25.6 Å². The van der Waals surface area contributed by atoms with Crippen LogP contribution in [0, 0.1) is 0 Å². The zero-order valence-corrected chi connectivity index (χ0v) is 16.8. The second-order valence-corrected chi connectivity index (χ2v) is 7.78. The molecule has 2 aliphatic heterocycles. The summed E-state index contributed by atoms with van der Waals surface area (Å²) in [6.07, 6.45) is 9.60. The Balaban J connectivity index is 1.17. The van der Waals surface area contributed by atoms with E-state index < -0.39 is 0 Å². The lowest BCUT2D eigenvalue weighted by atomic mass is 10.1. The maximum absolute atomic E-state index is 5.61.